The summed E-state index contributed by atoms with van der Waals surface area (Å²) < 4.78 is 38.9. The van der Waals surface area contributed by atoms with Crippen LogP contribution in [-0.4, -0.2) is 93.9 Å². The summed E-state index contributed by atoms with van der Waals surface area (Å²) in [6.45, 7) is 17.1. The molecule has 1 aromatic carbocycles. The molecule has 2 fully saturated rings. The number of anilines is 5. The first-order valence-corrected chi connectivity index (χ1v) is 21.9. The number of hydrogen-bond donors (Lipinski definition) is 3. The minimum atomic E-state index is -4.00. The van der Waals surface area contributed by atoms with Gasteiger partial charge in [0, 0.05) is 80.2 Å². The van der Waals surface area contributed by atoms with E-state index in [0.717, 1.165) is 62.3 Å². The molecule has 0 saturated carbocycles. The van der Waals surface area contributed by atoms with Gasteiger partial charge in [0.1, 0.15) is 5.82 Å². The second kappa shape index (κ2) is 15.5. The average Bonchev–Trinajstić information content (AvgIpc) is 3.68. The molecule has 0 spiro atoms. The van der Waals surface area contributed by atoms with Crippen LogP contribution in [0.5, 0.6) is 0 Å². The number of aromatic nitrogens is 4. The molecule has 3 aromatic heterocycles. The second-order valence-corrected chi connectivity index (χ2v) is 19.2. The number of fused-ring (bicyclic) bond motifs is 3. The molecule has 8 rings (SSSR count). The third kappa shape index (κ3) is 7.67. The van der Waals surface area contributed by atoms with Gasteiger partial charge >= 0.3 is 0 Å². The van der Waals surface area contributed by atoms with Gasteiger partial charge in [-0.3, -0.25) is 14.5 Å². The van der Waals surface area contributed by atoms with E-state index in [1.807, 2.05) is 16.7 Å². The Labute approximate surface area is 345 Å². The van der Waals surface area contributed by atoms with E-state index >= 15 is 0 Å². The molecule has 3 aliphatic heterocycles. The number of nitrogens with zero attached hydrogens (tertiary/aromatic N) is 7. The van der Waals surface area contributed by atoms with Gasteiger partial charge in [-0.05, 0) is 93.8 Å². The predicted octanol–water partition coefficient (Wildman–Crippen LogP) is 4.80. The van der Waals surface area contributed by atoms with Crippen LogP contribution < -0.4 is 25.4 Å². The molecular formula is C43H55N9O6S. The molecule has 0 bridgehead atoms. The predicted molar refractivity (Wildman–Crippen MR) is 229 cm³/mol. The average molecular weight is 826 g/mol. The van der Waals surface area contributed by atoms with Crippen molar-refractivity contribution in [3.8, 4) is 11.3 Å². The number of carbonyl (C=O) groups excluding carboxylic acids is 1. The molecular weight excluding hydrogens is 771 g/mol. The maximum absolute atomic E-state index is 14.2. The van der Waals surface area contributed by atoms with Crippen LogP contribution in [0.1, 0.15) is 64.3 Å². The monoisotopic (exact) mass is 825 g/mol. The summed E-state index contributed by atoms with van der Waals surface area (Å²) in [5.74, 6) is -0.241. The van der Waals surface area contributed by atoms with Crippen LogP contribution in [0.4, 0.5) is 28.7 Å². The van der Waals surface area contributed by atoms with Crippen molar-refractivity contribution in [3.05, 3.63) is 82.6 Å². The van der Waals surface area contributed by atoms with E-state index in [4.69, 9.17) is 9.72 Å². The first-order chi connectivity index (χ1) is 28.1. The van der Waals surface area contributed by atoms with E-state index in [1.165, 1.54) is 21.1 Å². The van der Waals surface area contributed by atoms with Gasteiger partial charge in [-0.2, -0.15) is 8.42 Å². The van der Waals surface area contributed by atoms with Gasteiger partial charge in [0.25, 0.3) is 15.6 Å². The quantitative estimate of drug-likeness (QED) is 0.199. The van der Waals surface area contributed by atoms with Crippen LogP contribution in [0.3, 0.4) is 0 Å². The lowest BCUT2D eigenvalue weighted by Gasteiger charge is -2.47. The lowest BCUT2D eigenvalue weighted by atomic mass is 9.90. The largest absolute Gasteiger partial charge is 0.392 e. The Bertz CT molecular complexity index is 2470. The minimum absolute atomic E-state index is 0.00348. The number of carbonyl (C=O) groups is 1. The maximum Gasteiger partial charge on any atom is 0.293 e. The third-order valence-corrected chi connectivity index (χ3v) is 14.1. The molecule has 59 heavy (non-hydrogen) atoms. The summed E-state index contributed by atoms with van der Waals surface area (Å²) in [5.41, 5.74) is 4.76. The number of nitrogens with one attached hydrogen (secondary N) is 2. The van der Waals surface area contributed by atoms with Crippen molar-refractivity contribution in [2.75, 3.05) is 46.0 Å². The fourth-order valence-electron chi connectivity index (χ4n) is 9.65. The van der Waals surface area contributed by atoms with Crippen molar-refractivity contribution in [2.24, 2.45) is 12.5 Å². The van der Waals surface area contributed by atoms with Gasteiger partial charge in [0.05, 0.1) is 42.4 Å². The molecule has 1 unspecified atom stereocenters. The van der Waals surface area contributed by atoms with Crippen molar-refractivity contribution in [2.45, 2.75) is 103 Å². The number of hydrogen-bond acceptors (Lipinski definition) is 11. The third-order valence-electron chi connectivity index (χ3n) is 12.3. The van der Waals surface area contributed by atoms with Gasteiger partial charge in [-0.15, -0.1) is 0 Å². The molecule has 16 heteroatoms. The number of pyridine rings is 1. The molecule has 4 atom stereocenters. The van der Waals surface area contributed by atoms with E-state index in [0.29, 0.717) is 35.2 Å². The zero-order valence-electron chi connectivity index (χ0n) is 34.7. The summed E-state index contributed by atoms with van der Waals surface area (Å²) >= 11 is 0. The highest BCUT2D eigenvalue weighted by Gasteiger charge is 2.41. The standard InChI is InChI=1S/C43H55N9O6S/c1-8-38(54)46-34-20-30(9-10-36(34)50-14-13-49(23-26(50)2)31-17-27(3)58-28(4)18-31)45-40-42(55)48(7)24-35(47-40)32-11-12-44-41(33(32)25-53)52-16-15-51-37-22-43(5,6)21-29(37)19-39(51)59(52,56)57/h8-12,19-20,24,26-28,31,53H,1,13-18,21-23,25H2,2-7H3,(H,45,47)(H,46,54)/t26-,27-,28+,31?/m0/s1. The molecule has 6 heterocycles. The number of ether oxygens (including phenoxy) is 1. The molecule has 3 N–H and O–H groups in total. The number of benzene rings is 1. The van der Waals surface area contributed by atoms with Crippen molar-refractivity contribution < 1.29 is 23.1 Å². The van der Waals surface area contributed by atoms with Crippen molar-refractivity contribution in [1.82, 2.24) is 24.0 Å². The Morgan fingerprint density at radius 3 is 2.54 bits per heavy atom. The van der Waals surface area contributed by atoms with Crippen LogP contribution in [0.25, 0.3) is 11.3 Å². The lowest BCUT2D eigenvalue weighted by Crippen LogP contribution is -2.57. The number of aliphatic hydroxyl groups is 1. The zero-order valence-corrected chi connectivity index (χ0v) is 35.6. The van der Waals surface area contributed by atoms with E-state index < -0.39 is 22.2 Å². The Hall–Kier alpha value is -5.03. The Balaban J connectivity index is 1.07. The van der Waals surface area contributed by atoms with Gasteiger partial charge < -0.3 is 34.5 Å². The van der Waals surface area contributed by atoms with Crippen molar-refractivity contribution in [1.29, 1.82) is 0 Å². The van der Waals surface area contributed by atoms with Gasteiger partial charge in [0.2, 0.25) is 5.91 Å². The van der Waals surface area contributed by atoms with Crippen molar-refractivity contribution >= 4 is 44.6 Å². The van der Waals surface area contributed by atoms with Crippen LogP contribution in [0.15, 0.2) is 65.2 Å². The Morgan fingerprint density at radius 2 is 1.83 bits per heavy atom. The van der Waals surface area contributed by atoms with Crippen LogP contribution >= 0.6 is 0 Å². The molecule has 1 amide bonds. The fraction of sp³-hybridized carbons (Fsp3) is 0.488. The normalized spacial score (nSPS) is 23.7. The number of aryl methyl sites for hydroxylation is 1. The molecule has 314 valence electrons. The number of piperazine rings is 1. The highest BCUT2D eigenvalue weighted by molar-refractivity contribution is 7.92. The number of aliphatic hydroxyl groups excluding tert-OH is 1. The number of rotatable bonds is 9. The summed E-state index contributed by atoms with van der Waals surface area (Å²) in [4.78, 5) is 40.4. The second-order valence-electron chi connectivity index (χ2n) is 17.4. The zero-order chi connectivity index (χ0) is 42.0. The van der Waals surface area contributed by atoms with Gasteiger partial charge in [0.15, 0.2) is 10.8 Å². The number of amides is 1. The summed E-state index contributed by atoms with van der Waals surface area (Å²) in [6.07, 6.45) is 8.35. The first-order valence-electron chi connectivity index (χ1n) is 20.5. The smallest absolute Gasteiger partial charge is 0.293 e. The SMILES string of the molecule is C=CC(=O)Nc1cc(Nc2nc(-c3ccnc(N4CCn5c(cc6c5CC(C)(C)C6)S4(=O)=O)c3CO)cn(C)c2=O)ccc1N1CCN(C2C[C@@H](C)O[C@@H](C)C2)C[C@@H]1C. The van der Waals surface area contributed by atoms with E-state index in [2.05, 4.69) is 66.6 Å². The van der Waals surface area contributed by atoms with E-state index in [1.54, 1.807) is 31.4 Å². The van der Waals surface area contributed by atoms with Crippen LogP contribution in [-0.2, 0) is 52.6 Å². The van der Waals surface area contributed by atoms with Crippen molar-refractivity contribution in [3.63, 3.8) is 0 Å². The first kappa shape index (κ1) is 40.7. The molecule has 1 aliphatic carbocycles. The van der Waals surface area contributed by atoms with Gasteiger partial charge in [-0.25, -0.2) is 14.3 Å². The van der Waals surface area contributed by atoms with Gasteiger partial charge in [-0.1, -0.05) is 20.4 Å². The summed E-state index contributed by atoms with van der Waals surface area (Å²) in [7, 11) is -2.40. The summed E-state index contributed by atoms with van der Waals surface area (Å²) in [6, 6.07) is 9.63. The minimum Gasteiger partial charge on any atom is -0.392 e. The van der Waals surface area contributed by atoms with Crippen LogP contribution in [0, 0.1) is 5.41 Å². The summed E-state index contributed by atoms with van der Waals surface area (Å²) in [5, 5.41) is 17.2. The highest BCUT2D eigenvalue weighted by atomic mass is 32.2. The fourth-order valence-corrected chi connectivity index (χ4v) is 11.4. The Morgan fingerprint density at radius 1 is 1.07 bits per heavy atom. The highest BCUT2D eigenvalue weighted by Crippen LogP contribution is 2.42. The Kier molecular flexibility index (Phi) is 10.7. The molecule has 4 aliphatic rings. The van der Waals surface area contributed by atoms with E-state index in [-0.39, 0.29) is 58.3 Å². The molecule has 4 aromatic rings. The topological polar surface area (TPSA) is 167 Å². The maximum atomic E-state index is 14.2. The molecule has 15 nitrogen and oxygen atoms in total. The lowest BCUT2D eigenvalue weighted by molar-refractivity contribution is -0.111. The van der Waals surface area contributed by atoms with E-state index in [9.17, 15) is 23.1 Å². The molecule has 2 saturated heterocycles. The number of sulfonamides is 1. The molecule has 0 radical (unpaired) electrons. The van der Waals surface area contributed by atoms with Crippen LogP contribution in [0.2, 0.25) is 0 Å².